The summed E-state index contributed by atoms with van der Waals surface area (Å²) in [6.07, 6.45) is 2.17. The van der Waals surface area contributed by atoms with E-state index in [-0.39, 0.29) is 0 Å². The van der Waals surface area contributed by atoms with Crippen LogP contribution in [-0.4, -0.2) is 85.6 Å². The molecule has 4 heterocycles. The lowest BCUT2D eigenvalue weighted by molar-refractivity contribution is -0.128. The second kappa shape index (κ2) is 16.1. The van der Waals surface area contributed by atoms with Gasteiger partial charge in [-0.05, 0) is 55.8 Å². The molecule has 0 radical (unpaired) electrons. The van der Waals surface area contributed by atoms with E-state index in [9.17, 15) is 9.18 Å². The van der Waals surface area contributed by atoms with E-state index in [0.717, 1.165) is 63.4 Å². The zero-order valence-electron chi connectivity index (χ0n) is 27.6. The molecule has 0 N–H and O–H groups in total. The minimum absolute atomic E-state index is 0.308. The van der Waals surface area contributed by atoms with Gasteiger partial charge in [0.1, 0.15) is 5.82 Å². The average Bonchev–Trinajstić information content (AvgIpc) is 3.51. The van der Waals surface area contributed by atoms with Crippen molar-refractivity contribution >= 4 is 39.8 Å². The molecule has 1 aromatic heterocycles. The van der Waals surface area contributed by atoms with Crippen molar-refractivity contribution in [2.24, 2.45) is 11.8 Å². The van der Waals surface area contributed by atoms with Gasteiger partial charge in [0.25, 0.3) is 5.91 Å². The predicted octanol–water partition coefficient (Wildman–Crippen LogP) is 6.11. The van der Waals surface area contributed by atoms with Crippen LogP contribution in [0.5, 0.6) is 6.01 Å². The zero-order chi connectivity index (χ0) is 33.4. The van der Waals surface area contributed by atoms with Gasteiger partial charge in [0.2, 0.25) is 0 Å². The van der Waals surface area contributed by atoms with E-state index in [0.29, 0.717) is 38.7 Å². The molecule has 1 amide bonds. The number of anilines is 2. The number of benzene rings is 2. The first-order valence-electron chi connectivity index (χ1n) is 15.8. The molecule has 0 spiro atoms. The molecule has 2 saturated heterocycles. The number of hydrogen-bond donors (Lipinski definition) is 0. The molecule has 3 aliphatic rings. The number of likely N-dealkylation sites (tertiary alicyclic amines) is 1. The van der Waals surface area contributed by atoms with Crippen molar-refractivity contribution in [3.63, 3.8) is 0 Å². The fourth-order valence-electron chi connectivity index (χ4n) is 6.29. The molecule has 3 aliphatic heterocycles. The van der Waals surface area contributed by atoms with Crippen molar-refractivity contribution in [1.29, 1.82) is 5.26 Å². The van der Waals surface area contributed by atoms with Gasteiger partial charge in [0.05, 0.1) is 30.4 Å². The fraction of sp³-hybridized carbons (Fsp3) is 0.486. The number of halogens is 2. The lowest BCUT2D eigenvalue weighted by Gasteiger charge is -2.38. The smallest absolute Gasteiger partial charge is 0.318 e. The van der Waals surface area contributed by atoms with Crippen molar-refractivity contribution < 1.29 is 13.9 Å². The van der Waals surface area contributed by atoms with Gasteiger partial charge >= 0.3 is 6.01 Å². The SMILES string of the molecule is C=C(F)C(=O)N1CCN(c2nc(OC)nc3c2CCN(c2cccc4cccc(Cl)c24)C3)CC1.CC#N.CC(C)C1CCN(C)C1. The quantitative estimate of drug-likeness (QED) is 0.306. The summed E-state index contributed by atoms with van der Waals surface area (Å²) in [7, 11) is 3.77. The van der Waals surface area contributed by atoms with Crippen molar-refractivity contribution in [3.05, 3.63) is 65.1 Å². The summed E-state index contributed by atoms with van der Waals surface area (Å²) in [5.74, 6) is 1.10. The number of carbonyl (C=O) groups is 1. The van der Waals surface area contributed by atoms with Gasteiger partial charge in [-0.3, -0.25) is 4.79 Å². The van der Waals surface area contributed by atoms with Crippen LogP contribution in [0.1, 0.15) is 38.4 Å². The van der Waals surface area contributed by atoms with Gasteiger partial charge in [-0.1, -0.05) is 56.3 Å². The maximum Gasteiger partial charge on any atom is 0.318 e. The van der Waals surface area contributed by atoms with Crippen LogP contribution in [-0.2, 0) is 17.8 Å². The van der Waals surface area contributed by atoms with E-state index < -0.39 is 11.7 Å². The minimum Gasteiger partial charge on any atom is -0.467 e. The summed E-state index contributed by atoms with van der Waals surface area (Å²) >= 11 is 6.57. The summed E-state index contributed by atoms with van der Waals surface area (Å²) in [4.78, 5) is 29.6. The molecule has 0 aliphatic carbocycles. The van der Waals surface area contributed by atoms with Gasteiger partial charge in [0.15, 0.2) is 5.83 Å². The van der Waals surface area contributed by atoms with Crippen LogP contribution in [0.2, 0.25) is 5.02 Å². The maximum atomic E-state index is 13.3. The second-order valence-corrected chi connectivity index (χ2v) is 12.6. The first-order chi connectivity index (χ1) is 22.1. The molecule has 11 heteroatoms. The molecule has 6 rings (SSSR count). The molecular formula is C35H45ClFN7O2. The zero-order valence-corrected chi connectivity index (χ0v) is 28.4. The van der Waals surface area contributed by atoms with Crippen molar-refractivity contribution in [2.45, 2.75) is 40.2 Å². The van der Waals surface area contributed by atoms with Crippen LogP contribution in [0.15, 0.2) is 48.8 Å². The number of nitriles is 1. The molecule has 2 fully saturated rings. The standard InChI is InChI=1S/C25H25ClFN5O2.C8H17N.C2H3N/c1-16(27)24(33)31-13-11-30(12-14-31)23-18-9-10-32(15-20(18)28-25(29-23)34-2)21-8-4-6-17-5-3-7-19(26)22(17)21;1-7(2)8-4-5-9(3)6-8;1-2-3/h3-8H,1,9-15H2,2H3;7-8H,4-6H2,1-3H3;1H3. The largest absolute Gasteiger partial charge is 0.467 e. The number of carbonyl (C=O) groups excluding carboxylic acids is 1. The Morgan fingerprint density at radius 3 is 2.33 bits per heavy atom. The highest BCUT2D eigenvalue weighted by Crippen LogP contribution is 2.37. The Labute approximate surface area is 277 Å². The Bertz CT molecular complexity index is 1560. The minimum atomic E-state index is -0.928. The number of nitrogens with zero attached hydrogens (tertiary/aromatic N) is 7. The molecule has 46 heavy (non-hydrogen) atoms. The Morgan fingerprint density at radius 2 is 1.76 bits per heavy atom. The van der Waals surface area contributed by atoms with Gasteiger partial charge in [-0.2, -0.15) is 15.2 Å². The fourth-order valence-corrected chi connectivity index (χ4v) is 6.57. The molecule has 1 atom stereocenters. The van der Waals surface area contributed by atoms with Crippen LogP contribution >= 0.6 is 11.6 Å². The van der Waals surface area contributed by atoms with Crippen LogP contribution in [0.4, 0.5) is 15.9 Å². The van der Waals surface area contributed by atoms with E-state index in [4.69, 9.17) is 21.6 Å². The summed E-state index contributed by atoms with van der Waals surface area (Å²) in [5, 5.41) is 10.2. The molecule has 0 bridgehead atoms. The number of ether oxygens (including phenoxy) is 1. The molecular weight excluding hydrogens is 605 g/mol. The van der Waals surface area contributed by atoms with E-state index in [1.807, 2.05) is 18.2 Å². The average molecular weight is 650 g/mol. The highest BCUT2D eigenvalue weighted by molar-refractivity contribution is 6.36. The Kier molecular flexibility index (Phi) is 12.2. The summed E-state index contributed by atoms with van der Waals surface area (Å²) in [6.45, 7) is 15.1. The normalized spacial score (nSPS) is 17.8. The number of hydrogen-bond acceptors (Lipinski definition) is 8. The van der Waals surface area contributed by atoms with Crippen LogP contribution in [0, 0.1) is 23.2 Å². The molecule has 246 valence electrons. The lowest BCUT2D eigenvalue weighted by Crippen LogP contribution is -2.49. The van der Waals surface area contributed by atoms with Crippen LogP contribution < -0.4 is 14.5 Å². The lowest BCUT2D eigenvalue weighted by atomic mass is 9.95. The third-order valence-corrected chi connectivity index (χ3v) is 9.16. The number of piperazine rings is 1. The number of methoxy groups -OCH3 is 1. The maximum absolute atomic E-state index is 13.3. The van der Waals surface area contributed by atoms with Crippen molar-refractivity contribution in [3.8, 4) is 12.1 Å². The third kappa shape index (κ3) is 8.25. The topological polar surface area (TPSA) is 88.8 Å². The number of fused-ring (bicyclic) bond motifs is 2. The van der Waals surface area contributed by atoms with Gasteiger partial charge in [0, 0.05) is 62.8 Å². The number of rotatable bonds is 5. The van der Waals surface area contributed by atoms with Gasteiger partial charge in [-0.25, -0.2) is 4.39 Å². The number of amides is 1. The van der Waals surface area contributed by atoms with E-state index in [1.54, 1.807) is 13.2 Å². The monoisotopic (exact) mass is 649 g/mol. The Hall–Kier alpha value is -3.94. The molecule has 3 aromatic rings. The first kappa shape index (κ1) is 34.9. The van der Waals surface area contributed by atoms with Gasteiger partial charge < -0.3 is 24.3 Å². The summed E-state index contributed by atoms with van der Waals surface area (Å²) < 4.78 is 18.7. The summed E-state index contributed by atoms with van der Waals surface area (Å²) in [6, 6.07) is 14.2. The summed E-state index contributed by atoms with van der Waals surface area (Å²) in [5.41, 5.74) is 3.07. The van der Waals surface area contributed by atoms with Crippen molar-refractivity contribution in [1.82, 2.24) is 19.8 Å². The van der Waals surface area contributed by atoms with E-state index in [1.165, 1.54) is 31.3 Å². The number of aromatic nitrogens is 2. The van der Waals surface area contributed by atoms with Crippen LogP contribution in [0.3, 0.4) is 0 Å². The first-order valence-corrected chi connectivity index (χ1v) is 16.2. The van der Waals surface area contributed by atoms with Gasteiger partial charge in [-0.15, -0.1) is 0 Å². The van der Waals surface area contributed by atoms with Crippen LogP contribution in [0.25, 0.3) is 10.8 Å². The highest BCUT2D eigenvalue weighted by atomic mass is 35.5. The van der Waals surface area contributed by atoms with Crippen molar-refractivity contribution in [2.75, 3.05) is 69.8 Å². The highest BCUT2D eigenvalue weighted by Gasteiger charge is 2.30. The molecule has 1 unspecified atom stereocenters. The van der Waals surface area contributed by atoms with E-state index >= 15 is 0 Å². The molecule has 0 saturated carbocycles. The van der Waals surface area contributed by atoms with E-state index in [2.05, 4.69) is 70.3 Å². The third-order valence-electron chi connectivity index (χ3n) is 8.85. The molecule has 2 aromatic carbocycles. The predicted molar refractivity (Wildman–Crippen MR) is 183 cm³/mol. The second-order valence-electron chi connectivity index (χ2n) is 12.2. The Morgan fingerprint density at radius 1 is 1.09 bits per heavy atom. The molecule has 9 nitrogen and oxygen atoms in total. The Balaban J connectivity index is 0.000000339.